The van der Waals surface area contributed by atoms with Crippen LogP contribution in [-0.2, 0) is 22.6 Å². The lowest BCUT2D eigenvalue weighted by Gasteiger charge is -2.26. The van der Waals surface area contributed by atoms with Crippen molar-refractivity contribution in [2.75, 3.05) is 26.3 Å². The second-order valence-corrected chi connectivity index (χ2v) is 5.97. The van der Waals surface area contributed by atoms with Crippen molar-refractivity contribution in [3.05, 3.63) is 48.0 Å². The first-order chi connectivity index (χ1) is 11.7. The van der Waals surface area contributed by atoms with Crippen LogP contribution in [0, 0.1) is 0 Å². The van der Waals surface area contributed by atoms with E-state index < -0.39 is 0 Å². The molecular weight excluding hydrogens is 306 g/mol. The van der Waals surface area contributed by atoms with E-state index in [1.165, 1.54) is 11.9 Å². The molecule has 0 unspecified atom stereocenters. The van der Waals surface area contributed by atoms with Crippen LogP contribution in [0.4, 0.5) is 0 Å². The van der Waals surface area contributed by atoms with Crippen LogP contribution in [0.1, 0.15) is 24.1 Å². The molecule has 0 spiro atoms. The van der Waals surface area contributed by atoms with E-state index >= 15 is 0 Å². The SMILES string of the molecule is C[C@@H](C(=O)NCc1ccc(CN2CCOCC2)cc1)n1cncn1. The van der Waals surface area contributed by atoms with Crippen LogP contribution in [-0.4, -0.2) is 51.9 Å². The number of ether oxygens (including phenoxy) is 1. The van der Waals surface area contributed by atoms with E-state index in [0.29, 0.717) is 6.54 Å². The van der Waals surface area contributed by atoms with Gasteiger partial charge in [-0.2, -0.15) is 5.10 Å². The molecule has 0 radical (unpaired) electrons. The average molecular weight is 329 g/mol. The van der Waals surface area contributed by atoms with Crippen LogP contribution in [0.3, 0.4) is 0 Å². The van der Waals surface area contributed by atoms with Gasteiger partial charge in [-0.05, 0) is 18.1 Å². The number of aromatic nitrogens is 3. The minimum absolute atomic E-state index is 0.0714. The van der Waals surface area contributed by atoms with Crippen molar-refractivity contribution in [3.63, 3.8) is 0 Å². The summed E-state index contributed by atoms with van der Waals surface area (Å²) in [6.45, 7) is 6.85. The maximum atomic E-state index is 12.1. The normalized spacial score (nSPS) is 16.7. The molecule has 1 aliphatic rings. The molecule has 1 saturated heterocycles. The predicted octanol–water partition coefficient (Wildman–Crippen LogP) is 0.988. The third-order valence-electron chi connectivity index (χ3n) is 4.21. The van der Waals surface area contributed by atoms with Crippen molar-refractivity contribution in [1.82, 2.24) is 25.0 Å². The summed E-state index contributed by atoms with van der Waals surface area (Å²) in [5.41, 5.74) is 2.36. The molecule has 0 saturated carbocycles. The Kier molecular flexibility index (Phi) is 5.55. The van der Waals surface area contributed by atoms with Gasteiger partial charge < -0.3 is 10.1 Å². The van der Waals surface area contributed by atoms with Crippen LogP contribution in [0.25, 0.3) is 0 Å². The van der Waals surface area contributed by atoms with E-state index in [-0.39, 0.29) is 11.9 Å². The first kappa shape index (κ1) is 16.6. The second kappa shape index (κ2) is 8.03. The van der Waals surface area contributed by atoms with Gasteiger partial charge in [-0.15, -0.1) is 0 Å². The zero-order valence-corrected chi connectivity index (χ0v) is 13.9. The highest BCUT2D eigenvalue weighted by Gasteiger charge is 2.15. The molecule has 1 aromatic heterocycles. The summed E-state index contributed by atoms with van der Waals surface area (Å²) in [5, 5.41) is 6.92. The Labute approximate surface area is 141 Å². The number of carbonyl (C=O) groups is 1. The fourth-order valence-corrected chi connectivity index (χ4v) is 2.65. The number of nitrogens with one attached hydrogen (secondary N) is 1. The molecule has 7 nitrogen and oxygen atoms in total. The number of amides is 1. The average Bonchev–Trinajstić information content (AvgIpc) is 3.16. The Morgan fingerprint density at radius 1 is 1.25 bits per heavy atom. The van der Waals surface area contributed by atoms with Gasteiger partial charge in [0.05, 0.1) is 13.2 Å². The van der Waals surface area contributed by atoms with Crippen LogP contribution >= 0.6 is 0 Å². The number of nitrogens with zero attached hydrogens (tertiary/aromatic N) is 4. The van der Waals surface area contributed by atoms with Crippen molar-refractivity contribution in [3.8, 4) is 0 Å². The first-order valence-electron chi connectivity index (χ1n) is 8.22. The summed E-state index contributed by atoms with van der Waals surface area (Å²) in [6, 6.07) is 8.01. The molecule has 1 aliphatic heterocycles. The lowest BCUT2D eigenvalue weighted by atomic mass is 10.1. The number of hydrogen-bond donors (Lipinski definition) is 1. The second-order valence-electron chi connectivity index (χ2n) is 5.97. The van der Waals surface area contributed by atoms with Crippen molar-refractivity contribution in [1.29, 1.82) is 0 Å². The zero-order chi connectivity index (χ0) is 16.8. The highest BCUT2D eigenvalue weighted by atomic mass is 16.5. The lowest BCUT2D eigenvalue weighted by Crippen LogP contribution is -2.35. The van der Waals surface area contributed by atoms with Crippen molar-refractivity contribution in [2.45, 2.75) is 26.1 Å². The molecule has 128 valence electrons. The van der Waals surface area contributed by atoms with Gasteiger partial charge in [0.1, 0.15) is 18.7 Å². The summed E-state index contributed by atoms with van der Waals surface area (Å²) < 4.78 is 6.91. The fourth-order valence-electron chi connectivity index (χ4n) is 2.65. The fraction of sp³-hybridized carbons (Fsp3) is 0.471. The molecule has 1 N–H and O–H groups in total. The predicted molar refractivity (Wildman–Crippen MR) is 89.1 cm³/mol. The monoisotopic (exact) mass is 329 g/mol. The number of carbonyl (C=O) groups excluding carboxylic acids is 1. The molecule has 2 heterocycles. The Morgan fingerprint density at radius 2 is 1.96 bits per heavy atom. The van der Waals surface area contributed by atoms with Crippen molar-refractivity contribution in [2.24, 2.45) is 0 Å². The molecule has 1 amide bonds. The summed E-state index contributed by atoms with van der Waals surface area (Å²) in [7, 11) is 0. The minimum atomic E-state index is -0.368. The Hall–Kier alpha value is -2.25. The number of hydrogen-bond acceptors (Lipinski definition) is 5. The molecular formula is C17H23N5O2. The lowest BCUT2D eigenvalue weighted by molar-refractivity contribution is -0.124. The van der Waals surface area contributed by atoms with Gasteiger partial charge in [0, 0.05) is 26.2 Å². The van der Waals surface area contributed by atoms with Crippen LogP contribution < -0.4 is 5.32 Å². The minimum Gasteiger partial charge on any atom is -0.379 e. The molecule has 1 fully saturated rings. The summed E-state index contributed by atoms with van der Waals surface area (Å²) >= 11 is 0. The van der Waals surface area contributed by atoms with E-state index in [0.717, 1.165) is 38.4 Å². The Balaban J connectivity index is 1.48. The van der Waals surface area contributed by atoms with Gasteiger partial charge in [0.25, 0.3) is 0 Å². The topological polar surface area (TPSA) is 72.3 Å². The molecule has 0 aliphatic carbocycles. The van der Waals surface area contributed by atoms with Gasteiger partial charge >= 0.3 is 0 Å². The van der Waals surface area contributed by atoms with Gasteiger partial charge in [0.15, 0.2) is 0 Å². The van der Waals surface area contributed by atoms with E-state index in [2.05, 4.69) is 44.6 Å². The molecule has 0 bridgehead atoms. The van der Waals surface area contributed by atoms with E-state index in [9.17, 15) is 4.79 Å². The van der Waals surface area contributed by atoms with E-state index in [1.54, 1.807) is 17.9 Å². The van der Waals surface area contributed by atoms with E-state index in [4.69, 9.17) is 4.74 Å². The summed E-state index contributed by atoms with van der Waals surface area (Å²) in [4.78, 5) is 18.4. The Bertz CT molecular complexity index is 636. The van der Waals surface area contributed by atoms with E-state index in [1.807, 2.05) is 0 Å². The van der Waals surface area contributed by atoms with Crippen LogP contribution in [0.5, 0.6) is 0 Å². The van der Waals surface area contributed by atoms with Crippen LogP contribution in [0.15, 0.2) is 36.9 Å². The van der Waals surface area contributed by atoms with Gasteiger partial charge in [-0.1, -0.05) is 24.3 Å². The largest absolute Gasteiger partial charge is 0.379 e. The molecule has 24 heavy (non-hydrogen) atoms. The standard InChI is InChI=1S/C17H23N5O2/c1-14(22-13-18-12-20-22)17(23)19-10-15-2-4-16(5-3-15)11-21-6-8-24-9-7-21/h2-5,12-14H,6-11H2,1H3,(H,19,23)/t14-/m0/s1. The molecule has 1 atom stereocenters. The molecule has 2 aromatic rings. The van der Waals surface area contributed by atoms with Gasteiger partial charge in [-0.25, -0.2) is 9.67 Å². The smallest absolute Gasteiger partial charge is 0.244 e. The van der Waals surface area contributed by atoms with Gasteiger partial charge in [0.2, 0.25) is 5.91 Å². The van der Waals surface area contributed by atoms with Gasteiger partial charge in [-0.3, -0.25) is 9.69 Å². The van der Waals surface area contributed by atoms with Crippen LogP contribution in [0.2, 0.25) is 0 Å². The third kappa shape index (κ3) is 4.39. The number of rotatable bonds is 6. The van der Waals surface area contributed by atoms with Crippen molar-refractivity contribution >= 4 is 5.91 Å². The maximum Gasteiger partial charge on any atom is 0.244 e. The third-order valence-corrected chi connectivity index (χ3v) is 4.21. The highest BCUT2D eigenvalue weighted by molar-refractivity contribution is 5.79. The van der Waals surface area contributed by atoms with Crippen molar-refractivity contribution < 1.29 is 9.53 Å². The Morgan fingerprint density at radius 3 is 2.62 bits per heavy atom. The molecule has 1 aromatic carbocycles. The highest BCUT2D eigenvalue weighted by Crippen LogP contribution is 2.10. The molecule has 3 rings (SSSR count). The number of benzene rings is 1. The maximum absolute atomic E-state index is 12.1. The quantitative estimate of drug-likeness (QED) is 0.855. The number of morpholine rings is 1. The molecule has 7 heteroatoms. The first-order valence-corrected chi connectivity index (χ1v) is 8.22. The summed E-state index contributed by atoms with van der Waals surface area (Å²) in [6.07, 6.45) is 2.97. The summed E-state index contributed by atoms with van der Waals surface area (Å²) in [5.74, 6) is -0.0714. The zero-order valence-electron chi connectivity index (χ0n) is 13.9.